The molecule has 2 fully saturated rings. The first kappa shape index (κ1) is 30.2. The van der Waals surface area contributed by atoms with E-state index in [0.717, 1.165) is 57.7 Å². The Morgan fingerprint density at radius 1 is 1.26 bits per heavy atom. The van der Waals surface area contributed by atoms with E-state index in [4.69, 9.17) is 28.6 Å². The maximum atomic E-state index is 13.4. The number of aromatic nitrogens is 2. The number of hydrogen-bond donors (Lipinski definition) is 2. The van der Waals surface area contributed by atoms with Crippen molar-refractivity contribution in [2.45, 2.75) is 38.4 Å². The van der Waals surface area contributed by atoms with Crippen LogP contribution in [0.3, 0.4) is 0 Å². The van der Waals surface area contributed by atoms with E-state index in [0.29, 0.717) is 33.3 Å². The third kappa shape index (κ3) is 7.70. The molecule has 3 heterocycles. The number of likely N-dealkylation sites (tertiary alicyclic amines) is 1. The molecule has 1 aromatic heterocycles. The van der Waals surface area contributed by atoms with Gasteiger partial charge in [-0.05, 0) is 55.8 Å². The average molecular weight is 606 g/mol. The Bertz CT molecular complexity index is 1160. The highest BCUT2D eigenvalue weighted by Crippen LogP contribution is 2.35. The Labute approximate surface area is 240 Å². The molecule has 2 N–H and O–H groups in total. The van der Waals surface area contributed by atoms with Crippen LogP contribution in [0.1, 0.15) is 43.5 Å². The third-order valence-electron chi connectivity index (χ3n) is 7.41. The minimum absolute atomic E-state index is 0.117. The molecule has 3 unspecified atom stereocenters. The zero-order chi connectivity index (χ0) is 28.3. The molecule has 0 spiro atoms. The Balaban J connectivity index is 1.45. The van der Waals surface area contributed by atoms with Gasteiger partial charge in [-0.3, -0.25) is 5.41 Å². The van der Waals surface area contributed by atoms with Crippen LogP contribution in [0.25, 0.3) is 0 Å². The summed E-state index contributed by atoms with van der Waals surface area (Å²) in [6, 6.07) is 4.40. The number of halogens is 5. The van der Waals surface area contributed by atoms with Gasteiger partial charge < -0.3 is 19.7 Å². The van der Waals surface area contributed by atoms with Gasteiger partial charge in [-0.1, -0.05) is 40.4 Å². The van der Waals surface area contributed by atoms with Crippen LogP contribution in [-0.2, 0) is 11.2 Å². The fourth-order valence-corrected chi connectivity index (χ4v) is 6.36. The summed E-state index contributed by atoms with van der Waals surface area (Å²) in [5, 5.41) is 11.5. The van der Waals surface area contributed by atoms with Crippen molar-refractivity contribution in [3.05, 3.63) is 45.7 Å². The summed E-state index contributed by atoms with van der Waals surface area (Å²) >= 11 is 11.5. The van der Waals surface area contributed by atoms with Gasteiger partial charge in [0, 0.05) is 42.6 Å². The first-order valence-electron chi connectivity index (χ1n) is 12.9. The Morgan fingerprint density at radius 3 is 2.67 bits per heavy atom. The van der Waals surface area contributed by atoms with Crippen molar-refractivity contribution in [2.75, 3.05) is 54.9 Å². The predicted octanol–water partition coefficient (Wildman–Crippen LogP) is 5.80. The van der Waals surface area contributed by atoms with Crippen molar-refractivity contribution in [1.82, 2.24) is 14.9 Å². The summed E-state index contributed by atoms with van der Waals surface area (Å²) in [4.78, 5) is 13.0. The van der Waals surface area contributed by atoms with E-state index < -0.39 is 34.8 Å². The molecule has 2 saturated heterocycles. The highest BCUT2D eigenvalue weighted by atomic mass is 35.5. The second kappa shape index (κ2) is 12.8. The second-order valence-corrected chi connectivity index (χ2v) is 12.7. The largest absolute Gasteiger partial charge is 0.617 e. The number of benzene rings is 1. The molecule has 2 aromatic rings. The number of hydrogen-bond acceptors (Lipinski definition) is 7. The summed E-state index contributed by atoms with van der Waals surface area (Å²) in [7, 11) is 0. The number of nitrogens with one attached hydrogen (secondary N) is 2. The van der Waals surface area contributed by atoms with Gasteiger partial charge in [0.25, 0.3) is 0 Å². The van der Waals surface area contributed by atoms with E-state index in [1.54, 1.807) is 31.4 Å². The maximum absolute atomic E-state index is 13.4. The average Bonchev–Trinajstić information content (AvgIpc) is 2.82. The van der Waals surface area contributed by atoms with E-state index >= 15 is 0 Å². The fraction of sp³-hybridized carbons (Fsp3) is 0.577. The van der Waals surface area contributed by atoms with Crippen molar-refractivity contribution in [3.8, 4) is 0 Å². The Morgan fingerprint density at radius 2 is 2.00 bits per heavy atom. The van der Waals surface area contributed by atoms with Gasteiger partial charge in [0.15, 0.2) is 11.5 Å². The molecule has 2 aliphatic rings. The first-order valence-corrected chi connectivity index (χ1v) is 15.4. The standard InChI is InChI=1S/C26H33Cl2F3N6OS/c1-16(20-7-6-19(27)11-21(20)28)34-25-23(24(32)26(29,30)31)33-12-22(35-25)37-14-18(15-37)17-5-3-8-36(13-17)9-4-10-39(2)38/h6-7,11-12,16-18,32H,3-5,8-10,13-15H2,1-2H3,(H,34,35). The Hall–Kier alpha value is -1.79. The van der Waals surface area contributed by atoms with Crippen LogP contribution in [0, 0.1) is 17.2 Å². The van der Waals surface area contributed by atoms with E-state index in [1.165, 1.54) is 6.20 Å². The molecule has 0 saturated carbocycles. The molecule has 0 aliphatic carbocycles. The normalized spacial score (nSPS) is 20.4. The fourth-order valence-electron chi connectivity index (χ4n) is 5.25. The van der Waals surface area contributed by atoms with Gasteiger partial charge in [0.1, 0.15) is 17.3 Å². The molecule has 0 amide bonds. The summed E-state index contributed by atoms with van der Waals surface area (Å²) < 4.78 is 51.7. The SMILES string of the molecule is CC(Nc1nc(N2CC(C3CCCN(CCC[S+](C)[O-])C3)C2)cnc1C(=N)C(F)(F)F)c1ccc(Cl)cc1Cl. The minimum atomic E-state index is -4.87. The predicted molar refractivity (Wildman–Crippen MR) is 152 cm³/mol. The molecule has 7 nitrogen and oxygen atoms in total. The lowest BCUT2D eigenvalue weighted by Crippen LogP contribution is -2.54. The van der Waals surface area contributed by atoms with Crippen LogP contribution in [-0.4, -0.2) is 76.0 Å². The third-order valence-corrected chi connectivity index (χ3v) is 8.84. The molecule has 13 heteroatoms. The number of rotatable bonds is 10. The number of anilines is 2. The van der Waals surface area contributed by atoms with Gasteiger partial charge in [0.05, 0.1) is 18.5 Å². The summed E-state index contributed by atoms with van der Waals surface area (Å²) in [6.45, 7) is 6.27. The number of piperidine rings is 1. The second-order valence-electron chi connectivity index (χ2n) is 10.3. The molecule has 1 aromatic carbocycles. The van der Waals surface area contributed by atoms with Gasteiger partial charge in [-0.25, -0.2) is 9.97 Å². The zero-order valence-corrected chi connectivity index (χ0v) is 24.2. The van der Waals surface area contributed by atoms with Gasteiger partial charge in [-0.2, -0.15) is 13.2 Å². The van der Waals surface area contributed by atoms with Gasteiger partial charge in [-0.15, -0.1) is 0 Å². The monoisotopic (exact) mass is 604 g/mol. The van der Waals surface area contributed by atoms with E-state index in [9.17, 15) is 17.7 Å². The summed E-state index contributed by atoms with van der Waals surface area (Å²) in [5.41, 5.74) is -1.49. The van der Waals surface area contributed by atoms with Crippen LogP contribution >= 0.6 is 23.2 Å². The lowest BCUT2D eigenvalue weighted by molar-refractivity contribution is -0.0589. The highest BCUT2D eigenvalue weighted by Gasteiger charge is 2.40. The molecule has 2 aliphatic heterocycles. The van der Waals surface area contributed by atoms with Crippen molar-refractivity contribution in [1.29, 1.82) is 5.41 Å². The van der Waals surface area contributed by atoms with Crippen LogP contribution in [0.4, 0.5) is 24.8 Å². The van der Waals surface area contributed by atoms with Crippen LogP contribution in [0.5, 0.6) is 0 Å². The molecule has 3 atom stereocenters. The van der Waals surface area contributed by atoms with E-state index in [1.807, 2.05) is 4.90 Å². The number of nitrogens with zero attached hydrogens (tertiary/aromatic N) is 4. The molecule has 39 heavy (non-hydrogen) atoms. The molecule has 0 bridgehead atoms. The Kier molecular flexibility index (Phi) is 9.91. The molecular weight excluding hydrogens is 572 g/mol. The number of alkyl halides is 3. The van der Waals surface area contributed by atoms with Gasteiger partial charge >= 0.3 is 6.18 Å². The van der Waals surface area contributed by atoms with E-state index in [2.05, 4.69) is 20.2 Å². The molecule has 0 radical (unpaired) electrons. The van der Waals surface area contributed by atoms with Crippen LogP contribution < -0.4 is 10.2 Å². The molecule has 4 rings (SSSR count). The lowest BCUT2D eigenvalue weighted by atomic mass is 9.80. The van der Waals surface area contributed by atoms with Gasteiger partial charge in [0.2, 0.25) is 0 Å². The quantitative estimate of drug-likeness (QED) is 0.263. The topological polar surface area (TPSA) is 91.2 Å². The highest BCUT2D eigenvalue weighted by molar-refractivity contribution is 7.90. The zero-order valence-electron chi connectivity index (χ0n) is 21.9. The summed E-state index contributed by atoms with van der Waals surface area (Å²) in [5.74, 6) is 2.08. The van der Waals surface area contributed by atoms with Crippen molar-refractivity contribution in [3.63, 3.8) is 0 Å². The first-order chi connectivity index (χ1) is 18.4. The summed E-state index contributed by atoms with van der Waals surface area (Å²) in [6.07, 6.45) is 1.39. The minimum Gasteiger partial charge on any atom is -0.617 e. The maximum Gasteiger partial charge on any atom is 0.434 e. The smallest absolute Gasteiger partial charge is 0.434 e. The van der Waals surface area contributed by atoms with E-state index in [-0.39, 0.29) is 5.82 Å². The molecule has 214 valence electrons. The lowest BCUT2D eigenvalue weighted by Gasteiger charge is -2.47. The van der Waals surface area contributed by atoms with Crippen molar-refractivity contribution >= 4 is 51.7 Å². The molecular formula is C26H33Cl2F3N6OS. The van der Waals surface area contributed by atoms with Crippen LogP contribution in [0.2, 0.25) is 10.0 Å². The van der Waals surface area contributed by atoms with Crippen molar-refractivity contribution in [2.24, 2.45) is 11.8 Å². The van der Waals surface area contributed by atoms with Crippen molar-refractivity contribution < 1.29 is 17.7 Å². The van der Waals surface area contributed by atoms with Crippen LogP contribution in [0.15, 0.2) is 24.4 Å².